The Balaban J connectivity index is 2.35. The maximum Gasteiger partial charge on any atom is 0.137 e. The van der Waals surface area contributed by atoms with Gasteiger partial charge in [-0.15, -0.1) is 0 Å². The van der Waals surface area contributed by atoms with E-state index in [-0.39, 0.29) is 18.0 Å². The second-order valence-electron chi connectivity index (χ2n) is 4.66. The van der Waals surface area contributed by atoms with Crippen molar-refractivity contribution < 1.29 is 9.18 Å². The Morgan fingerprint density at radius 3 is 2.78 bits per heavy atom. The van der Waals surface area contributed by atoms with Gasteiger partial charge in [-0.1, -0.05) is 31.5 Å². The maximum absolute atomic E-state index is 12.8. The first-order chi connectivity index (χ1) is 8.49. The van der Waals surface area contributed by atoms with Crippen LogP contribution in [-0.2, 0) is 11.2 Å². The summed E-state index contributed by atoms with van der Waals surface area (Å²) in [4.78, 5) is 11.7. The van der Waals surface area contributed by atoms with Gasteiger partial charge < -0.3 is 5.32 Å². The third-order valence-electron chi connectivity index (χ3n) is 2.59. The highest BCUT2D eigenvalue weighted by Gasteiger charge is 2.08. The van der Waals surface area contributed by atoms with Crippen molar-refractivity contribution in [3.05, 3.63) is 34.6 Å². The van der Waals surface area contributed by atoms with E-state index in [1.54, 1.807) is 6.07 Å². The highest BCUT2D eigenvalue weighted by atomic mass is 35.5. The van der Waals surface area contributed by atoms with E-state index in [0.29, 0.717) is 23.0 Å². The molecule has 18 heavy (non-hydrogen) atoms. The van der Waals surface area contributed by atoms with Crippen LogP contribution >= 0.6 is 11.6 Å². The highest BCUT2D eigenvalue weighted by molar-refractivity contribution is 6.31. The quantitative estimate of drug-likeness (QED) is 0.771. The summed E-state index contributed by atoms with van der Waals surface area (Å²) in [5.74, 6) is -0.244. The van der Waals surface area contributed by atoms with Gasteiger partial charge in [0.15, 0.2) is 0 Å². The van der Waals surface area contributed by atoms with Crippen LogP contribution in [0.4, 0.5) is 4.39 Å². The molecule has 1 N–H and O–H groups in total. The van der Waals surface area contributed by atoms with Crippen molar-refractivity contribution in [2.24, 2.45) is 0 Å². The molecule has 2 nitrogen and oxygen atoms in total. The first kappa shape index (κ1) is 15.1. The van der Waals surface area contributed by atoms with Crippen molar-refractivity contribution in [1.29, 1.82) is 0 Å². The van der Waals surface area contributed by atoms with Gasteiger partial charge in [-0.05, 0) is 30.7 Å². The topological polar surface area (TPSA) is 29.1 Å². The van der Waals surface area contributed by atoms with E-state index in [0.717, 1.165) is 13.0 Å². The van der Waals surface area contributed by atoms with Gasteiger partial charge in [-0.3, -0.25) is 4.79 Å². The number of carbonyl (C=O) groups excluding carboxylic acids is 1. The van der Waals surface area contributed by atoms with E-state index in [9.17, 15) is 9.18 Å². The predicted octanol–water partition coefficient (Wildman–Crippen LogP) is 3.37. The molecule has 1 aromatic rings. The minimum absolute atomic E-state index is 0.133. The minimum Gasteiger partial charge on any atom is -0.315 e. The number of ketones is 1. The molecule has 0 aliphatic heterocycles. The molecule has 0 aliphatic carbocycles. The molecule has 0 heterocycles. The molecule has 0 aliphatic rings. The molecule has 0 aromatic heterocycles. The first-order valence-electron chi connectivity index (χ1n) is 6.18. The molecule has 1 rings (SSSR count). The molecular formula is C14H19ClFNO. The number of nitrogens with one attached hydrogen (secondary N) is 1. The molecule has 0 saturated heterocycles. The molecule has 100 valence electrons. The van der Waals surface area contributed by atoms with Crippen molar-refractivity contribution in [3.63, 3.8) is 0 Å². The van der Waals surface area contributed by atoms with Gasteiger partial charge in [-0.2, -0.15) is 0 Å². The molecule has 0 spiro atoms. The number of benzene rings is 1. The van der Waals surface area contributed by atoms with Gasteiger partial charge in [0.05, 0.1) is 0 Å². The zero-order valence-corrected chi connectivity index (χ0v) is 11.6. The normalized spacial score (nSPS) is 10.9. The number of carbonyl (C=O) groups is 1. The largest absolute Gasteiger partial charge is 0.315 e. The van der Waals surface area contributed by atoms with Crippen LogP contribution in [0.2, 0.25) is 5.02 Å². The summed E-state index contributed by atoms with van der Waals surface area (Å²) >= 11 is 5.87. The van der Waals surface area contributed by atoms with Gasteiger partial charge in [0.1, 0.15) is 11.6 Å². The van der Waals surface area contributed by atoms with Crippen LogP contribution in [0.3, 0.4) is 0 Å². The van der Waals surface area contributed by atoms with Crippen molar-refractivity contribution in [2.45, 2.75) is 39.2 Å². The molecule has 4 heteroatoms. The second kappa shape index (κ2) is 7.49. The van der Waals surface area contributed by atoms with Crippen molar-refractivity contribution in [1.82, 2.24) is 5.32 Å². The molecule has 0 radical (unpaired) electrons. The second-order valence-corrected chi connectivity index (χ2v) is 5.07. The summed E-state index contributed by atoms with van der Waals surface area (Å²) in [6.07, 6.45) is 1.62. The third kappa shape index (κ3) is 5.61. The average molecular weight is 272 g/mol. The van der Waals surface area contributed by atoms with E-state index in [4.69, 9.17) is 11.6 Å². The van der Waals surface area contributed by atoms with Crippen LogP contribution in [0.1, 0.15) is 32.3 Å². The lowest BCUT2D eigenvalue weighted by molar-refractivity contribution is -0.118. The predicted molar refractivity (Wildman–Crippen MR) is 72.5 cm³/mol. The molecular weight excluding hydrogens is 253 g/mol. The minimum atomic E-state index is -0.377. The van der Waals surface area contributed by atoms with Gasteiger partial charge in [0.2, 0.25) is 0 Å². The van der Waals surface area contributed by atoms with Crippen LogP contribution in [0.25, 0.3) is 0 Å². The van der Waals surface area contributed by atoms with Crippen LogP contribution in [-0.4, -0.2) is 18.4 Å². The summed E-state index contributed by atoms with van der Waals surface area (Å²) < 4.78 is 12.8. The standard InChI is InChI=1S/C14H19ClFNO/c1-10(2)17-7-3-4-13(18)8-11-5-6-12(16)9-14(11)15/h5-6,9-10,17H,3-4,7-8H2,1-2H3. The number of halogens is 2. The Morgan fingerprint density at radius 1 is 1.44 bits per heavy atom. The summed E-state index contributed by atoms with van der Waals surface area (Å²) in [7, 11) is 0. The van der Waals surface area contributed by atoms with Crippen molar-refractivity contribution in [2.75, 3.05) is 6.54 Å². The summed E-state index contributed by atoms with van der Waals surface area (Å²) in [6.45, 7) is 4.97. The SMILES string of the molecule is CC(C)NCCCC(=O)Cc1ccc(F)cc1Cl. The fourth-order valence-electron chi connectivity index (χ4n) is 1.64. The molecule has 0 fully saturated rings. The smallest absolute Gasteiger partial charge is 0.137 e. The van der Waals surface area contributed by atoms with Crippen molar-refractivity contribution in [3.8, 4) is 0 Å². The van der Waals surface area contributed by atoms with Crippen LogP contribution in [0.5, 0.6) is 0 Å². The van der Waals surface area contributed by atoms with Gasteiger partial charge >= 0.3 is 0 Å². The zero-order chi connectivity index (χ0) is 13.5. The number of rotatable bonds is 7. The first-order valence-corrected chi connectivity index (χ1v) is 6.56. The van der Waals surface area contributed by atoms with E-state index < -0.39 is 0 Å². The van der Waals surface area contributed by atoms with E-state index >= 15 is 0 Å². The third-order valence-corrected chi connectivity index (χ3v) is 2.94. The Labute approximate surface area is 113 Å². The monoisotopic (exact) mass is 271 g/mol. The van der Waals surface area contributed by atoms with E-state index in [1.807, 2.05) is 0 Å². The highest BCUT2D eigenvalue weighted by Crippen LogP contribution is 2.18. The Hall–Kier alpha value is -0.930. The summed E-state index contributed by atoms with van der Waals surface area (Å²) in [5, 5.41) is 3.58. The number of hydrogen-bond donors (Lipinski definition) is 1. The molecule has 0 amide bonds. The van der Waals surface area contributed by atoms with E-state index in [1.165, 1.54) is 12.1 Å². The van der Waals surface area contributed by atoms with Gasteiger partial charge in [0, 0.05) is 23.9 Å². The Kier molecular flexibility index (Phi) is 6.30. The number of hydrogen-bond acceptors (Lipinski definition) is 2. The van der Waals surface area contributed by atoms with Gasteiger partial charge in [-0.25, -0.2) is 4.39 Å². The molecule has 0 saturated carbocycles. The van der Waals surface area contributed by atoms with Crippen LogP contribution in [0, 0.1) is 5.82 Å². The molecule has 0 atom stereocenters. The molecule has 0 bridgehead atoms. The number of Topliss-reactive ketones (excluding diaryl/α,β-unsaturated/α-hetero) is 1. The van der Waals surface area contributed by atoms with Crippen molar-refractivity contribution >= 4 is 17.4 Å². The average Bonchev–Trinajstić information content (AvgIpc) is 2.28. The zero-order valence-electron chi connectivity index (χ0n) is 10.8. The molecule has 0 unspecified atom stereocenters. The summed E-state index contributed by atoms with van der Waals surface area (Å²) in [5.41, 5.74) is 0.694. The lowest BCUT2D eigenvalue weighted by Gasteiger charge is -2.07. The Morgan fingerprint density at radius 2 is 2.17 bits per heavy atom. The Bertz CT molecular complexity index is 407. The van der Waals surface area contributed by atoms with Gasteiger partial charge in [0.25, 0.3) is 0 Å². The lowest BCUT2D eigenvalue weighted by atomic mass is 10.1. The maximum atomic E-state index is 12.8. The fraction of sp³-hybridized carbons (Fsp3) is 0.500. The molecule has 1 aromatic carbocycles. The van der Waals surface area contributed by atoms with Crippen LogP contribution in [0.15, 0.2) is 18.2 Å². The van der Waals surface area contributed by atoms with E-state index in [2.05, 4.69) is 19.2 Å². The lowest BCUT2D eigenvalue weighted by Crippen LogP contribution is -2.24. The van der Waals surface area contributed by atoms with Crippen LogP contribution < -0.4 is 5.32 Å². The summed E-state index contributed by atoms with van der Waals surface area (Å²) in [6, 6.07) is 4.58. The fourth-order valence-corrected chi connectivity index (χ4v) is 1.88.